The van der Waals surface area contributed by atoms with Crippen molar-refractivity contribution in [2.75, 3.05) is 11.4 Å². The molecule has 0 fully saturated rings. The van der Waals surface area contributed by atoms with E-state index in [0.29, 0.717) is 11.3 Å². The van der Waals surface area contributed by atoms with Crippen molar-refractivity contribution >= 4 is 15.7 Å². The predicted molar refractivity (Wildman–Crippen MR) is 73.2 cm³/mol. The van der Waals surface area contributed by atoms with Crippen molar-refractivity contribution in [2.45, 2.75) is 11.8 Å². The summed E-state index contributed by atoms with van der Waals surface area (Å²) in [6, 6.07) is 12.2. The van der Waals surface area contributed by atoms with Crippen LogP contribution in [0.4, 0.5) is 10.1 Å². The smallest absolute Gasteiger partial charge is 0.264 e. The number of rotatable bonds is 3. The van der Waals surface area contributed by atoms with Gasteiger partial charge in [0.2, 0.25) is 0 Å². The number of halogens is 1. The van der Waals surface area contributed by atoms with E-state index in [1.807, 2.05) is 0 Å². The van der Waals surface area contributed by atoms with Crippen molar-refractivity contribution < 1.29 is 12.8 Å². The zero-order valence-electron chi connectivity index (χ0n) is 10.7. The maximum atomic E-state index is 13.2. The third-order valence-corrected chi connectivity index (χ3v) is 4.85. The van der Waals surface area contributed by atoms with Crippen LogP contribution < -0.4 is 4.31 Å². The number of anilines is 1. The van der Waals surface area contributed by atoms with Crippen LogP contribution in [0.1, 0.15) is 5.56 Å². The monoisotopic (exact) mass is 279 g/mol. The summed E-state index contributed by atoms with van der Waals surface area (Å²) in [5, 5.41) is 0. The van der Waals surface area contributed by atoms with Crippen molar-refractivity contribution in [1.29, 1.82) is 0 Å². The van der Waals surface area contributed by atoms with Crippen molar-refractivity contribution in [2.24, 2.45) is 0 Å². The fourth-order valence-corrected chi connectivity index (χ4v) is 3.22. The number of hydrogen-bond acceptors (Lipinski definition) is 2. The molecule has 2 rings (SSSR count). The van der Waals surface area contributed by atoms with Gasteiger partial charge in [-0.1, -0.05) is 24.3 Å². The number of sulfonamides is 1. The quantitative estimate of drug-likeness (QED) is 0.866. The van der Waals surface area contributed by atoms with Crippen LogP contribution in [0, 0.1) is 12.7 Å². The van der Waals surface area contributed by atoms with Gasteiger partial charge in [-0.3, -0.25) is 4.31 Å². The molecule has 0 aliphatic carbocycles. The highest BCUT2D eigenvalue weighted by atomic mass is 32.2. The van der Waals surface area contributed by atoms with Crippen molar-refractivity contribution in [3.63, 3.8) is 0 Å². The first-order valence-corrected chi connectivity index (χ1v) is 7.17. The highest BCUT2D eigenvalue weighted by Crippen LogP contribution is 2.24. The SMILES string of the molecule is Cc1ccccc1S(=O)(=O)N(C)c1cccc(F)c1. The molecule has 0 unspecified atom stereocenters. The van der Waals surface area contributed by atoms with E-state index in [-0.39, 0.29) is 4.90 Å². The van der Waals surface area contributed by atoms with Gasteiger partial charge >= 0.3 is 0 Å². The minimum Gasteiger partial charge on any atom is -0.269 e. The molecule has 5 heteroatoms. The van der Waals surface area contributed by atoms with E-state index in [0.717, 1.165) is 4.31 Å². The molecule has 0 amide bonds. The van der Waals surface area contributed by atoms with Crippen molar-refractivity contribution in [1.82, 2.24) is 0 Å². The Balaban J connectivity index is 2.49. The molecule has 0 N–H and O–H groups in total. The molecule has 0 heterocycles. The average Bonchev–Trinajstić information content (AvgIpc) is 2.38. The van der Waals surface area contributed by atoms with Gasteiger partial charge < -0.3 is 0 Å². The van der Waals surface area contributed by atoms with Crippen LogP contribution in [0.15, 0.2) is 53.4 Å². The normalized spacial score (nSPS) is 11.3. The fraction of sp³-hybridized carbons (Fsp3) is 0.143. The van der Waals surface area contributed by atoms with E-state index < -0.39 is 15.8 Å². The predicted octanol–water partition coefficient (Wildman–Crippen LogP) is 2.96. The summed E-state index contributed by atoms with van der Waals surface area (Å²) in [5.41, 5.74) is 0.953. The summed E-state index contributed by atoms with van der Waals surface area (Å²) in [6.45, 7) is 1.73. The van der Waals surface area contributed by atoms with E-state index in [1.165, 1.54) is 25.2 Å². The summed E-state index contributed by atoms with van der Waals surface area (Å²) in [6.07, 6.45) is 0. The second-order valence-electron chi connectivity index (χ2n) is 4.22. The molecule has 0 bridgehead atoms. The summed E-state index contributed by atoms with van der Waals surface area (Å²) in [7, 11) is -2.26. The molecule has 0 radical (unpaired) electrons. The van der Waals surface area contributed by atoms with Gasteiger partial charge in [-0.2, -0.15) is 0 Å². The first kappa shape index (κ1) is 13.5. The average molecular weight is 279 g/mol. The molecule has 0 aromatic heterocycles. The summed E-state index contributed by atoms with van der Waals surface area (Å²) in [4.78, 5) is 0.224. The molecular weight excluding hydrogens is 265 g/mol. The molecule has 0 saturated heterocycles. The van der Waals surface area contributed by atoms with Gasteiger partial charge in [0.15, 0.2) is 0 Å². The maximum absolute atomic E-state index is 13.2. The molecule has 0 aliphatic rings. The van der Waals surface area contributed by atoms with Crippen molar-refractivity contribution in [3.05, 3.63) is 59.9 Å². The molecule has 0 saturated carbocycles. The standard InChI is InChI=1S/C14H14FNO2S/c1-11-6-3-4-9-14(11)19(17,18)16(2)13-8-5-7-12(15)10-13/h3-10H,1-2H3. The summed E-state index contributed by atoms with van der Waals surface area (Å²) < 4.78 is 39.2. The van der Waals surface area contributed by atoms with Gasteiger partial charge in [0.25, 0.3) is 10.0 Å². The van der Waals surface area contributed by atoms with Crippen LogP contribution in [-0.4, -0.2) is 15.5 Å². The third-order valence-electron chi connectivity index (χ3n) is 2.90. The zero-order valence-corrected chi connectivity index (χ0v) is 11.5. The van der Waals surface area contributed by atoms with Crippen LogP contribution in [0.25, 0.3) is 0 Å². The topological polar surface area (TPSA) is 37.4 Å². The lowest BCUT2D eigenvalue weighted by atomic mass is 10.2. The first-order chi connectivity index (χ1) is 8.93. The molecule has 2 aromatic carbocycles. The Bertz CT molecular complexity index is 698. The minimum absolute atomic E-state index is 0.224. The van der Waals surface area contributed by atoms with Gasteiger partial charge in [0, 0.05) is 7.05 Å². The zero-order chi connectivity index (χ0) is 14.0. The Labute approximate surface area is 112 Å². The van der Waals surface area contributed by atoms with Crippen LogP contribution in [0.2, 0.25) is 0 Å². The molecule has 3 nitrogen and oxygen atoms in total. The molecule has 100 valence electrons. The Hall–Kier alpha value is -1.88. The second kappa shape index (κ2) is 5.01. The molecule has 0 spiro atoms. The Morgan fingerprint density at radius 1 is 1.05 bits per heavy atom. The lowest BCUT2D eigenvalue weighted by Crippen LogP contribution is -2.27. The van der Waals surface area contributed by atoms with Crippen LogP contribution >= 0.6 is 0 Å². The Morgan fingerprint density at radius 2 is 1.74 bits per heavy atom. The summed E-state index contributed by atoms with van der Waals surface area (Å²) in [5.74, 6) is -0.468. The number of hydrogen-bond donors (Lipinski definition) is 0. The van der Waals surface area contributed by atoms with Gasteiger partial charge in [-0.15, -0.1) is 0 Å². The fourth-order valence-electron chi connectivity index (χ4n) is 1.80. The molecular formula is C14H14FNO2S. The summed E-state index contributed by atoms with van der Waals surface area (Å²) >= 11 is 0. The van der Waals surface area contributed by atoms with E-state index in [4.69, 9.17) is 0 Å². The van der Waals surface area contributed by atoms with Crippen LogP contribution in [0.3, 0.4) is 0 Å². The first-order valence-electron chi connectivity index (χ1n) is 5.73. The molecule has 2 aromatic rings. The van der Waals surface area contributed by atoms with Gasteiger partial charge in [-0.25, -0.2) is 12.8 Å². The van der Waals surface area contributed by atoms with E-state index in [1.54, 1.807) is 37.3 Å². The second-order valence-corrected chi connectivity index (χ2v) is 6.16. The van der Waals surface area contributed by atoms with Gasteiger partial charge in [0.1, 0.15) is 5.82 Å². The van der Waals surface area contributed by atoms with Crippen LogP contribution in [-0.2, 0) is 10.0 Å². The Morgan fingerprint density at radius 3 is 2.37 bits per heavy atom. The van der Waals surface area contributed by atoms with Gasteiger partial charge in [0.05, 0.1) is 10.6 Å². The molecule has 0 aliphatic heterocycles. The van der Waals surface area contributed by atoms with E-state index >= 15 is 0 Å². The lowest BCUT2D eigenvalue weighted by Gasteiger charge is -2.20. The number of benzene rings is 2. The molecule has 19 heavy (non-hydrogen) atoms. The van der Waals surface area contributed by atoms with E-state index in [9.17, 15) is 12.8 Å². The van der Waals surface area contributed by atoms with Crippen molar-refractivity contribution in [3.8, 4) is 0 Å². The molecule has 0 atom stereocenters. The largest absolute Gasteiger partial charge is 0.269 e. The number of nitrogens with zero attached hydrogens (tertiary/aromatic N) is 1. The maximum Gasteiger partial charge on any atom is 0.264 e. The highest BCUT2D eigenvalue weighted by molar-refractivity contribution is 7.92. The Kier molecular flexibility index (Phi) is 3.57. The highest BCUT2D eigenvalue weighted by Gasteiger charge is 2.22. The van der Waals surface area contributed by atoms with Gasteiger partial charge in [-0.05, 0) is 36.8 Å². The lowest BCUT2D eigenvalue weighted by molar-refractivity contribution is 0.593. The number of aryl methyl sites for hydroxylation is 1. The van der Waals surface area contributed by atoms with Crippen LogP contribution in [0.5, 0.6) is 0 Å². The minimum atomic E-state index is -3.67. The third kappa shape index (κ3) is 2.61. The van der Waals surface area contributed by atoms with E-state index in [2.05, 4.69) is 0 Å².